The van der Waals surface area contributed by atoms with Crippen LogP contribution >= 0.6 is 0 Å². The highest BCUT2D eigenvalue weighted by Gasteiger charge is 2.25. The molecule has 1 aromatic carbocycles. The lowest BCUT2D eigenvalue weighted by molar-refractivity contribution is 0.0332. The van der Waals surface area contributed by atoms with Crippen molar-refractivity contribution in [1.29, 1.82) is 0 Å². The zero-order valence-corrected chi connectivity index (χ0v) is 9.03. The highest BCUT2D eigenvalue weighted by molar-refractivity contribution is 5.21. The molecule has 1 unspecified atom stereocenters. The molecule has 0 spiro atoms. The molecular weight excluding hydrogens is 176 g/mol. The molecular formula is C12H18O2. The monoisotopic (exact) mass is 194 g/mol. The van der Waals surface area contributed by atoms with Gasteiger partial charge in [0.1, 0.15) is 11.9 Å². The van der Waals surface area contributed by atoms with Crippen LogP contribution < -0.4 is 4.74 Å². The van der Waals surface area contributed by atoms with E-state index in [0.29, 0.717) is 0 Å². The third-order valence-electron chi connectivity index (χ3n) is 2.15. The van der Waals surface area contributed by atoms with Gasteiger partial charge in [0.15, 0.2) is 0 Å². The predicted octanol–water partition coefficient (Wildman–Crippen LogP) is 2.47. The van der Waals surface area contributed by atoms with Crippen molar-refractivity contribution < 1.29 is 9.84 Å². The first-order valence-electron chi connectivity index (χ1n) is 4.86. The SMILES string of the molecule is CC(C)(C)C(CO)Oc1ccccc1. The van der Waals surface area contributed by atoms with Crippen LogP contribution in [0.25, 0.3) is 0 Å². The van der Waals surface area contributed by atoms with Crippen LogP contribution in [0.1, 0.15) is 20.8 Å². The normalized spacial score (nSPS) is 13.7. The van der Waals surface area contributed by atoms with Crippen LogP contribution in [0.3, 0.4) is 0 Å². The Balaban J connectivity index is 2.67. The average Bonchev–Trinajstić information content (AvgIpc) is 2.14. The summed E-state index contributed by atoms with van der Waals surface area (Å²) in [7, 11) is 0. The zero-order chi connectivity index (χ0) is 10.6. The summed E-state index contributed by atoms with van der Waals surface area (Å²) in [5.41, 5.74) is -0.0510. The summed E-state index contributed by atoms with van der Waals surface area (Å²) in [5, 5.41) is 9.20. The summed E-state index contributed by atoms with van der Waals surface area (Å²) in [5.74, 6) is 0.807. The first kappa shape index (κ1) is 11.1. The quantitative estimate of drug-likeness (QED) is 0.801. The maximum Gasteiger partial charge on any atom is 0.126 e. The van der Waals surface area contributed by atoms with Gasteiger partial charge in [-0.3, -0.25) is 0 Å². The van der Waals surface area contributed by atoms with E-state index in [1.54, 1.807) is 0 Å². The molecule has 0 aliphatic rings. The number of aliphatic hydroxyl groups is 1. The highest BCUT2D eigenvalue weighted by atomic mass is 16.5. The van der Waals surface area contributed by atoms with E-state index >= 15 is 0 Å². The van der Waals surface area contributed by atoms with Crippen molar-refractivity contribution in [3.63, 3.8) is 0 Å². The molecule has 0 heterocycles. The van der Waals surface area contributed by atoms with Gasteiger partial charge in [-0.2, -0.15) is 0 Å². The molecule has 2 nitrogen and oxygen atoms in total. The second-order valence-electron chi connectivity index (χ2n) is 4.47. The van der Waals surface area contributed by atoms with Crippen LogP contribution in [0.2, 0.25) is 0 Å². The number of ether oxygens (including phenoxy) is 1. The maximum absolute atomic E-state index is 9.20. The van der Waals surface area contributed by atoms with E-state index in [1.165, 1.54) is 0 Å². The summed E-state index contributed by atoms with van der Waals surface area (Å²) >= 11 is 0. The minimum absolute atomic E-state index is 0.0401. The van der Waals surface area contributed by atoms with Gasteiger partial charge in [-0.1, -0.05) is 39.0 Å². The molecule has 0 aromatic heterocycles. The number of rotatable bonds is 3. The van der Waals surface area contributed by atoms with Gasteiger partial charge in [0.25, 0.3) is 0 Å². The Labute approximate surface area is 85.5 Å². The van der Waals surface area contributed by atoms with E-state index in [0.717, 1.165) is 5.75 Å². The molecule has 0 saturated carbocycles. The molecule has 0 bridgehead atoms. The van der Waals surface area contributed by atoms with Crippen molar-refractivity contribution in [3.8, 4) is 5.75 Å². The van der Waals surface area contributed by atoms with E-state index in [2.05, 4.69) is 20.8 Å². The minimum Gasteiger partial charge on any atom is -0.487 e. The summed E-state index contributed by atoms with van der Waals surface area (Å²) < 4.78 is 5.68. The molecule has 1 aromatic rings. The number of benzene rings is 1. The van der Waals surface area contributed by atoms with E-state index in [4.69, 9.17) is 4.74 Å². The van der Waals surface area contributed by atoms with Crippen LogP contribution in [-0.2, 0) is 0 Å². The second kappa shape index (κ2) is 4.47. The van der Waals surface area contributed by atoms with E-state index in [1.807, 2.05) is 30.3 Å². The van der Waals surface area contributed by atoms with Gasteiger partial charge in [-0.05, 0) is 12.1 Å². The van der Waals surface area contributed by atoms with Gasteiger partial charge in [0.05, 0.1) is 6.61 Å². The standard InChI is InChI=1S/C12H18O2/c1-12(2,3)11(9-13)14-10-7-5-4-6-8-10/h4-8,11,13H,9H2,1-3H3. The topological polar surface area (TPSA) is 29.5 Å². The van der Waals surface area contributed by atoms with Crippen molar-refractivity contribution in [1.82, 2.24) is 0 Å². The zero-order valence-electron chi connectivity index (χ0n) is 9.03. The molecule has 0 aliphatic heterocycles. The molecule has 0 radical (unpaired) electrons. The van der Waals surface area contributed by atoms with Crippen molar-refractivity contribution in [2.24, 2.45) is 5.41 Å². The molecule has 1 atom stereocenters. The van der Waals surface area contributed by atoms with Crippen molar-refractivity contribution in [2.45, 2.75) is 26.9 Å². The minimum atomic E-state index is -0.162. The van der Waals surface area contributed by atoms with Crippen LogP contribution in [0, 0.1) is 5.41 Å². The molecule has 0 fully saturated rings. The first-order valence-corrected chi connectivity index (χ1v) is 4.86. The molecule has 1 N–H and O–H groups in total. The van der Waals surface area contributed by atoms with Crippen LogP contribution in [0.5, 0.6) is 5.75 Å². The fourth-order valence-electron chi connectivity index (χ4n) is 1.15. The molecule has 1 rings (SSSR count). The smallest absolute Gasteiger partial charge is 0.126 e. The molecule has 0 saturated heterocycles. The van der Waals surface area contributed by atoms with Gasteiger partial charge in [0, 0.05) is 5.41 Å². The predicted molar refractivity (Wildman–Crippen MR) is 57.4 cm³/mol. The summed E-state index contributed by atoms with van der Waals surface area (Å²) in [6.45, 7) is 6.20. The second-order valence-corrected chi connectivity index (χ2v) is 4.47. The van der Waals surface area contributed by atoms with Crippen molar-refractivity contribution in [2.75, 3.05) is 6.61 Å². The average molecular weight is 194 g/mol. The third kappa shape index (κ3) is 3.04. The Morgan fingerprint density at radius 3 is 2.21 bits per heavy atom. The maximum atomic E-state index is 9.20. The van der Waals surface area contributed by atoms with E-state index in [9.17, 15) is 5.11 Å². The number of aliphatic hydroxyl groups excluding tert-OH is 1. The fourth-order valence-corrected chi connectivity index (χ4v) is 1.15. The summed E-state index contributed by atoms with van der Waals surface area (Å²) in [6.07, 6.45) is -0.162. The Morgan fingerprint density at radius 2 is 1.79 bits per heavy atom. The van der Waals surface area contributed by atoms with E-state index in [-0.39, 0.29) is 18.1 Å². The first-order chi connectivity index (χ1) is 6.54. The van der Waals surface area contributed by atoms with Gasteiger partial charge in [-0.15, -0.1) is 0 Å². The third-order valence-corrected chi connectivity index (χ3v) is 2.15. The van der Waals surface area contributed by atoms with Crippen LogP contribution in [0.15, 0.2) is 30.3 Å². The molecule has 0 amide bonds. The number of hydrogen-bond donors (Lipinski definition) is 1. The Hall–Kier alpha value is -1.02. The largest absolute Gasteiger partial charge is 0.487 e. The van der Waals surface area contributed by atoms with Gasteiger partial charge < -0.3 is 9.84 Å². The molecule has 0 aliphatic carbocycles. The fraction of sp³-hybridized carbons (Fsp3) is 0.500. The summed E-state index contributed by atoms with van der Waals surface area (Å²) in [4.78, 5) is 0. The number of hydrogen-bond acceptors (Lipinski definition) is 2. The highest BCUT2D eigenvalue weighted by Crippen LogP contribution is 2.24. The lowest BCUT2D eigenvalue weighted by Gasteiger charge is -2.29. The Morgan fingerprint density at radius 1 is 1.21 bits per heavy atom. The lowest BCUT2D eigenvalue weighted by Crippen LogP contribution is -2.35. The van der Waals surface area contributed by atoms with E-state index < -0.39 is 0 Å². The Kier molecular flexibility index (Phi) is 3.53. The molecule has 78 valence electrons. The van der Waals surface area contributed by atoms with Gasteiger partial charge in [-0.25, -0.2) is 0 Å². The van der Waals surface area contributed by atoms with Gasteiger partial charge >= 0.3 is 0 Å². The van der Waals surface area contributed by atoms with Crippen molar-refractivity contribution in [3.05, 3.63) is 30.3 Å². The van der Waals surface area contributed by atoms with Crippen molar-refractivity contribution >= 4 is 0 Å². The summed E-state index contributed by atoms with van der Waals surface area (Å²) in [6, 6.07) is 9.58. The number of para-hydroxylation sites is 1. The van der Waals surface area contributed by atoms with Crippen LogP contribution in [-0.4, -0.2) is 17.8 Å². The van der Waals surface area contributed by atoms with Gasteiger partial charge in [0.2, 0.25) is 0 Å². The molecule has 2 heteroatoms. The Bertz CT molecular complexity index is 261. The molecule has 14 heavy (non-hydrogen) atoms. The van der Waals surface area contributed by atoms with Crippen LogP contribution in [0.4, 0.5) is 0 Å². The lowest BCUT2D eigenvalue weighted by atomic mass is 9.89.